The molecule has 0 bridgehead atoms. The average molecular weight is 429 g/mol. The highest BCUT2D eigenvalue weighted by molar-refractivity contribution is 7.99. The number of hydrogen-bond acceptors (Lipinski definition) is 6. The summed E-state index contributed by atoms with van der Waals surface area (Å²) in [6.45, 7) is 4.98. The molecule has 1 aromatic heterocycles. The van der Waals surface area contributed by atoms with E-state index in [4.69, 9.17) is 11.6 Å². The smallest absolute Gasteiger partial charge is 0.233 e. The maximum atomic E-state index is 12.7. The fourth-order valence-electron chi connectivity index (χ4n) is 3.30. The lowest BCUT2D eigenvalue weighted by atomic mass is 10.2. The molecule has 3 aromatic rings. The number of carbonyl (C=O) groups excluding carboxylic acids is 1. The third-order valence-corrected chi connectivity index (χ3v) is 5.96. The van der Waals surface area contributed by atoms with Gasteiger partial charge in [0.15, 0.2) is 0 Å². The van der Waals surface area contributed by atoms with Gasteiger partial charge in [0.25, 0.3) is 0 Å². The van der Waals surface area contributed by atoms with Crippen LogP contribution in [0.5, 0.6) is 0 Å². The SMILES string of the molecule is Cc1cccc(-n2nnnc2SCC(=O)N2CCN(c3cccc(Cl)c3)CC2)c1. The van der Waals surface area contributed by atoms with Gasteiger partial charge in [-0.15, -0.1) is 5.10 Å². The van der Waals surface area contributed by atoms with Crippen LogP contribution in [-0.4, -0.2) is 62.9 Å². The maximum absolute atomic E-state index is 12.7. The van der Waals surface area contributed by atoms with Gasteiger partial charge in [0.2, 0.25) is 11.1 Å². The number of tetrazole rings is 1. The van der Waals surface area contributed by atoms with E-state index < -0.39 is 0 Å². The van der Waals surface area contributed by atoms with E-state index in [1.54, 1.807) is 4.68 Å². The lowest BCUT2D eigenvalue weighted by Crippen LogP contribution is -2.49. The van der Waals surface area contributed by atoms with Crippen LogP contribution in [0.3, 0.4) is 0 Å². The van der Waals surface area contributed by atoms with Gasteiger partial charge in [-0.25, -0.2) is 0 Å². The highest BCUT2D eigenvalue weighted by Crippen LogP contribution is 2.22. The second kappa shape index (κ2) is 8.84. The topological polar surface area (TPSA) is 67.2 Å². The Kier molecular flexibility index (Phi) is 6.01. The molecule has 0 spiro atoms. The van der Waals surface area contributed by atoms with Gasteiger partial charge in [0.1, 0.15) is 0 Å². The summed E-state index contributed by atoms with van der Waals surface area (Å²) in [6.07, 6.45) is 0. The number of rotatable bonds is 5. The summed E-state index contributed by atoms with van der Waals surface area (Å²) in [5.74, 6) is 0.406. The van der Waals surface area contributed by atoms with Gasteiger partial charge < -0.3 is 9.80 Å². The van der Waals surface area contributed by atoms with Crippen LogP contribution in [0.2, 0.25) is 5.02 Å². The predicted octanol–water partition coefficient (Wildman–Crippen LogP) is 3.07. The fourth-order valence-corrected chi connectivity index (χ4v) is 4.27. The van der Waals surface area contributed by atoms with E-state index in [1.165, 1.54) is 11.8 Å². The van der Waals surface area contributed by atoms with Crippen LogP contribution >= 0.6 is 23.4 Å². The van der Waals surface area contributed by atoms with Gasteiger partial charge in [-0.3, -0.25) is 4.79 Å². The number of amides is 1. The molecule has 2 aromatic carbocycles. The van der Waals surface area contributed by atoms with Crippen LogP contribution in [-0.2, 0) is 4.79 Å². The minimum atomic E-state index is 0.0968. The van der Waals surface area contributed by atoms with Crippen molar-refractivity contribution in [2.45, 2.75) is 12.1 Å². The molecule has 29 heavy (non-hydrogen) atoms. The van der Waals surface area contributed by atoms with Crippen LogP contribution in [0.4, 0.5) is 5.69 Å². The molecule has 1 saturated heterocycles. The van der Waals surface area contributed by atoms with Crippen LogP contribution in [0, 0.1) is 6.92 Å². The van der Waals surface area contributed by atoms with Crippen molar-refractivity contribution in [3.8, 4) is 5.69 Å². The van der Waals surface area contributed by atoms with E-state index in [1.807, 2.05) is 60.4 Å². The predicted molar refractivity (Wildman–Crippen MR) is 115 cm³/mol. The van der Waals surface area contributed by atoms with Crippen molar-refractivity contribution in [3.63, 3.8) is 0 Å². The molecular weight excluding hydrogens is 408 g/mol. The highest BCUT2D eigenvalue weighted by Gasteiger charge is 2.22. The van der Waals surface area contributed by atoms with Gasteiger partial charge in [-0.2, -0.15) is 4.68 Å². The molecule has 7 nitrogen and oxygen atoms in total. The van der Waals surface area contributed by atoms with Crippen molar-refractivity contribution < 1.29 is 4.79 Å². The summed E-state index contributed by atoms with van der Waals surface area (Å²) in [4.78, 5) is 16.8. The Balaban J connectivity index is 1.33. The fraction of sp³-hybridized carbons (Fsp3) is 0.300. The van der Waals surface area contributed by atoms with Crippen molar-refractivity contribution in [2.75, 3.05) is 36.8 Å². The Morgan fingerprint density at radius 1 is 1.07 bits per heavy atom. The van der Waals surface area contributed by atoms with Crippen LogP contribution in [0.15, 0.2) is 53.7 Å². The Morgan fingerprint density at radius 2 is 1.83 bits per heavy atom. The molecule has 0 saturated carbocycles. The first-order valence-corrected chi connectivity index (χ1v) is 10.7. The number of aromatic nitrogens is 4. The number of hydrogen-bond donors (Lipinski definition) is 0. The van der Waals surface area contributed by atoms with Gasteiger partial charge in [-0.1, -0.05) is 41.6 Å². The Hall–Kier alpha value is -2.58. The minimum Gasteiger partial charge on any atom is -0.368 e. The van der Waals surface area contributed by atoms with E-state index in [0.29, 0.717) is 24.0 Å². The van der Waals surface area contributed by atoms with Gasteiger partial charge in [0.05, 0.1) is 11.4 Å². The zero-order valence-corrected chi connectivity index (χ0v) is 17.6. The third kappa shape index (κ3) is 4.71. The number of anilines is 1. The standard InChI is InChI=1S/C20H21ClN6OS/c1-15-4-2-7-18(12-15)27-20(22-23-24-27)29-14-19(28)26-10-8-25(9-11-26)17-6-3-5-16(21)13-17/h2-7,12-13H,8-11,14H2,1H3. The lowest BCUT2D eigenvalue weighted by Gasteiger charge is -2.36. The van der Waals surface area contributed by atoms with Gasteiger partial charge in [-0.05, 0) is 53.2 Å². The summed E-state index contributed by atoms with van der Waals surface area (Å²) in [5.41, 5.74) is 3.11. The van der Waals surface area contributed by atoms with Crippen molar-refractivity contribution in [3.05, 3.63) is 59.1 Å². The zero-order valence-electron chi connectivity index (χ0n) is 16.0. The van der Waals surface area contributed by atoms with Crippen LogP contribution in [0.1, 0.15) is 5.56 Å². The molecule has 1 fully saturated rings. The molecule has 1 aliphatic rings. The van der Waals surface area contributed by atoms with Gasteiger partial charge in [0, 0.05) is 36.9 Å². The summed E-state index contributed by atoms with van der Waals surface area (Å²) in [7, 11) is 0. The van der Waals surface area contributed by atoms with Crippen molar-refractivity contribution in [1.29, 1.82) is 0 Å². The zero-order chi connectivity index (χ0) is 20.2. The van der Waals surface area contributed by atoms with E-state index in [2.05, 4.69) is 20.4 Å². The minimum absolute atomic E-state index is 0.0968. The molecule has 0 N–H and O–H groups in total. The number of piperazine rings is 1. The number of halogens is 1. The van der Waals surface area contributed by atoms with Gasteiger partial charge >= 0.3 is 0 Å². The molecule has 1 aliphatic heterocycles. The molecule has 0 aliphatic carbocycles. The number of benzene rings is 2. The van der Waals surface area contributed by atoms with E-state index >= 15 is 0 Å². The monoisotopic (exact) mass is 428 g/mol. The molecule has 4 rings (SSSR count). The maximum Gasteiger partial charge on any atom is 0.233 e. The van der Waals surface area contributed by atoms with Crippen LogP contribution < -0.4 is 4.90 Å². The molecule has 150 valence electrons. The first kappa shape index (κ1) is 19.7. The number of aryl methyl sites for hydroxylation is 1. The van der Waals surface area contributed by atoms with Crippen molar-refractivity contribution >= 4 is 35.0 Å². The average Bonchev–Trinajstić information content (AvgIpc) is 3.21. The molecule has 2 heterocycles. The molecule has 0 atom stereocenters. The normalized spacial score (nSPS) is 14.3. The third-order valence-electron chi connectivity index (χ3n) is 4.82. The van der Waals surface area contributed by atoms with Crippen LogP contribution in [0.25, 0.3) is 5.69 Å². The summed E-state index contributed by atoms with van der Waals surface area (Å²) in [6, 6.07) is 15.8. The number of thioether (sulfide) groups is 1. The Labute approximate surface area is 178 Å². The van der Waals surface area contributed by atoms with Crippen molar-refractivity contribution in [1.82, 2.24) is 25.1 Å². The summed E-state index contributed by atoms with van der Waals surface area (Å²) < 4.78 is 1.67. The molecule has 9 heteroatoms. The second-order valence-corrected chi connectivity index (χ2v) is 8.23. The molecule has 1 amide bonds. The van der Waals surface area contributed by atoms with E-state index in [0.717, 1.165) is 35.1 Å². The first-order valence-electron chi connectivity index (χ1n) is 9.37. The van der Waals surface area contributed by atoms with Crippen molar-refractivity contribution in [2.24, 2.45) is 0 Å². The van der Waals surface area contributed by atoms with E-state index in [9.17, 15) is 4.79 Å². The molecule has 0 radical (unpaired) electrons. The summed E-state index contributed by atoms with van der Waals surface area (Å²) in [5, 5.41) is 13.2. The largest absolute Gasteiger partial charge is 0.368 e. The number of carbonyl (C=O) groups is 1. The Bertz CT molecular complexity index is 1000. The second-order valence-electron chi connectivity index (χ2n) is 6.85. The molecule has 0 unspecified atom stereocenters. The highest BCUT2D eigenvalue weighted by atomic mass is 35.5. The Morgan fingerprint density at radius 3 is 2.59 bits per heavy atom. The number of nitrogens with zero attached hydrogens (tertiary/aromatic N) is 6. The first-order chi connectivity index (χ1) is 14.1. The summed E-state index contributed by atoms with van der Waals surface area (Å²) >= 11 is 7.45. The van der Waals surface area contributed by atoms with E-state index in [-0.39, 0.29) is 5.91 Å². The molecular formula is C20H21ClN6OS. The quantitative estimate of drug-likeness (QED) is 0.582. The lowest BCUT2D eigenvalue weighted by molar-refractivity contribution is -0.128.